The highest BCUT2D eigenvalue weighted by molar-refractivity contribution is 7.95. The van der Waals surface area contributed by atoms with Crippen LogP contribution in [0.5, 0.6) is 0 Å². The van der Waals surface area contributed by atoms with E-state index in [4.69, 9.17) is 16.3 Å². The number of aldehydes is 1. The second-order valence-corrected chi connectivity index (χ2v) is 9.11. The highest BCUT2D eigenvalue weighted by Gasteiger charge is 2.15. The first-order chi connectivity index (χ1) is 16.5. The predicted molar refractivity (Wildman–Crippen MR) is 138 cm³/mol. The summed E-state index contributed by atoms with van der Waals surface area (Å²) in [7, 11) is 1.95. The average molecular weight is 521 g/mol. The van der Waals surface area contributed by atoms with Crippen LogP contribution < -0.4 is 15.4 Å². The molecule has 0 amide bonds. The van der Waals surface area contributed by atoms with Crippen molar-refractivity contribution in [3.63, 3.8) is 0 Å². The third-order valence-corrected chi connectivity index (χ3v) is 6.63. The lowest BCUT2D eigenvalue weighted by molar-refractivity contribution is -0.00169. The average Bonchev–Trinajstić information content (AvgIpc) is 3.42. The van der Waals surface area contributed by atoms with E-state index < -0.39 is 0 Å². The number of pyridine rings is 1. The summed E-state index contributed by atoms with van der Waals surface area (Å²) in [5, 5.41) is 13.8. The van der Waals surface area contributed by atoms with Gasteiger partial charge in [-0.15, -0.1) is 15.2 Å². The smallest absolute Gasteiger partial charge is 0.163 e. The van der Waals surface area contributed by atoms with Gasteiger partial charge >= 0.3 is 0 Å². The third kappa shape index (κ3) is 5.34. The van der Waals surface area contributed by atoms with E-state index in [1.54, 1.807) is 35.1 Å². The van der Waals surface area contributed by atoms with Gasteiger partial charge in [0.2, 0.25) is 0 Å². The van der Waals surface area contributed by atoms with E-state index in [1.807, 2.05) is 25.4 Å². The highest BCUT2D eigenvalue weighted by Crippen LogP contribution is 2.36. The Morgan fingerprint density at radius 1 is 1.32 bits per heavy atom. The number of benzene rings is 1. The molecular formula is C22H22ClFN6O2S2. The zero-order valence-corrected chi connectivity index (χ0v) is 20.7. The first kappa shape index (κ1) is 24.4. The molecule has 4 aromatic rings. The molecule has 5 rings (SSSR count). The van der Waals surface area contributed by atoms with Gasteiger partial charge in [-0.2, -0.15) is 5.10 Å². The SMILES string of the molecule is CNC1COC1.Cc1nc2c(cnn2-c2csc(C=O)c2)cc1Nc1c(Cl)cccc1NSF. The molecule has 1 fully saturated rings. The number of carbonyl (C=O) groups is 1. The van der Waals surface area contributed by atoms with Crippen molar-refractivity contribution in [3.8, 4) is 5.69 Å². The molecule has 0 unspecified atom stereocenters. The number of hydrogen-bond donors (Lipinski definition) is 3. The molecule has 8 nitrogen and oxygen atoms in total. The van der Waals surface area contributed by atoms with E-state index >= 15 is 0 Å². The third-order valence-electron chi connectivity index (χ3n) is 5.17. The van der Waals surface area contributed by atoms with Crippen LogP contribution in [0.4, 0.5) is 20.9 Å². The molecule has 1 aliphatic rings. The number of hydrogen-bond acceptors (Lipinski definition) is 9. The van der Waals surface area contributed by atoms with Crippen molar-refractivity contribution in [2.45, 2.75) is 13.0 Å². The van der Waals surface area contributed by atoms with Gasteiger partial charge in [-0.05, 0) is 38.2 Å². The number of para-hydroxylation sites is 1. The fourth-order valence-corrected chi connectivity index (χ4v) is 4.34. The molecule has 0 saturated carbocycles. The van der Waals surface area contributed by atoms with Crippen LogP contribution in [0.3, 0.4) is 0 Å². The van der Waals surface area contributed by atoms with Crippen molar-refractivity contribution >= 4 is 69.7 Å². The van der Waals surface area contributed by atoms with Gasteiger partial charge < -0.3 is 20.1 Å². The molecule has 0 atom stereocenters. The molecule has 34 heavy (non-hydrogen) atoms. The summed E-state index contributed by atoms with van der Waals surface area (Å²) in [6, 6.07) is 9.50. The molecule has 1 aromatic carbocycles. The van der Waals surface area contributed by atoms with Gasteiger partial charge in [-0.25, -0.2) is 9.67 Å². The van der Waals surface area contributed by atoms with Crippen LogP contribution in [0, 0.1) is 6.92 Å². The molecule has 3 N–H and O–H groups in total. The minimum Gasteiger partial charge on any atom is -0.378 e. The van der Waals surface area contributed by atoms with Crippen LogP contribution in [-0.2, 0) is 4.74 Å². The Hall–Kier alpha value is -2.70. The lowest BCUT2D eigenvalue weighted by Crippen LogP contribution is -2.43. The molecular weight excluding hydrogens is 499 g/mol. The summed E-state index contributed by atoms with van der Waals surface area (Å²) in [5.74, 6) is 0. The molecule has 1 saturated heterocycles. The highest BCUT2D eigenvalue weighted by atomic mass is 35.5. The van der Waals surface area contributed by atoms with Crippen molar-refractivity contribution < 1.29 is 13.4 Å². The van der Waals surface area contributed by atoms with E-state index in [0.29, 0.717) is 33.0 Å². The van der Waals surface area contributed by atoms with Gasteiger partial charge in [-0.1, -0.05) is 17.7 Å². The molecule has 0 spiro atoms. The Kier molecular flexibility index (Phi) is 8.01. The Bertz CT molecular complexity index is 1290. The number of likely N-dealkylation sites (N-methyl/N-ethyl adjacent to an activating group) is 1. The summed E-state index contributed by atoms with van der Waals surface area (Å²) in [5.41, 5.74) is 3.99. The van der Waals surface area contributed by atoms with E-state index in [-0.39, 0.29) is 12.3 Å². The van der Waals surface area contributed by atoms with Crippen LogP contribution >= 0.6 is 35.3 Å². The van der Waals surface area contributed by atoms with Gasteiger partial charge in [-0.3, -0.25) is 4.79 Å². The van der Waals surface area contributed by atoms with Gasteiger partial charge in [0.1, 0.15) is 0 Å². The number of carbonyl (C=O) groups excluding carboxylic acids is 1. The normalized spacial score (nSPS) is 13.2. The summed E-state index contributed by atoms with van der Waals surface area (Å²) < 4.78 is 21.8. The van der Waals surface area contributed by atoms with Crippen molar-refractivity contribution in [1.82, 2.24) is 20.1 Å². The van der Waals surface area contributed by atoms with Crippen molar-refractivity contribution in [2.75, 3.05) is 30.3 Å². The first-order valence-corrected chi connectivity index (χ1v) is 12.2. The summed E-state index contributed by atoms with van der Waals surface area (Å²) in [6.45, 7) is 3.66. The quantitative estimate of drug-likeness (QED) is 0.216. The summed E-state index contributed by atoms with van der Waals surface area (Å²) in [4.78, 5) is 16.2. The number of rotatable bonds is 7. The second-order valence-electron chi connectivity index (χ2n) is 7.41. The zero-order chi connectivity index (χ0) is 24.1. The van der Waals surface area contributed by atoms with Crippen LogP contribution in [0.25, 0.3) is 16.7 Å². The molecule has 178 valence electrons. The van der Waals surface area contributed by atoms with Crippen molar-refractivity contribution in [1.29, 1.82) is 0 Å². The lowest BCUT2D eigenvalue weighted by atomic mass is 10.2. The minimum atomic E-state index is -0.00175. The Balaban J connectivity index is 0.000000398. The minimum absolute atomic E-state index is 0.00175. The maximum absolute atomic E-state index is 12.7. The van der Waals surface area contributed by atoms with E-state index in [1.165, 1.54) is 11.3 Å². The van der Waals surface area contributed by atoms with Gasteiger partial charge in [0.05, 0.1) is 63.8 Å². The van der Waals surface area contributed by atoms with Crippen LogP contribution in [-0.4, -0.2) is 47.4 Å². The van der Waals surface area contributed by atoms with E-state index in [0.717, 1.165) is 42.0 Å². The summed E-state index contributed by atoms with van der Waals surface area (Å²) in [6.07, 6.45) is 2.51. The fraction of sp³-hybridized carbons (Fsp3) is 0.227. The lowest BCUT2D eigenvalue weighted by Gasteiger charge is -2.24. The maximum atomic E-state index is 12.7. The molecule has 3 aromatic heterocycles. The van der Waals surface area contributed by atoms with Crippen LogP contribution in [0.1, 0.15) is 15.4 Å². The van der Waals surface area contributed by atoms with Crippen molar-refractivity contribution in [3.05, 3.63) is 57.5 Å². The number of aromatic nitrogens is 3. The zero-order valence-electron chi connectivity index (χ0n) is 18.3. The summed E-state index contributed by atoms with van der Waals surface area (Å²) >= 11 is 7.64. The molecule has 12 heteroatoms. The van der Waals surface area contributed by atoms with E-state index in [9.17, 15) is 8.68 Å². The Labute approximate surface area is 209 Å². The maximum Gasteiger partial charge on any atom is 0.163 e. The number of nitrogens with one attached hydrogen (secondary N) is 3. The number of ether oxygens (including phenoxy) is 1. The molecule has 0 bridgehead atoms. The van der Waals surface area contributed by atoms with Crippen molar-refractivity contribution in [2.24, 2.45) is 0 Å². The molecule has 0 aliphatic carbocycles. The topological polar surface area (TPSA) is 93.1 Å². The van der Waals surface area contributed by atoms with Gasteiger partial charge in [0.25, 0.3) is 0 Å². The largest absolute Gasteiger partial charge is 0.378 e. The Morgan fingerprint density at radius 3 is 2.76 bits per heavy atom. The number of fused-ring (bicyclic) bond motifs is 1. The number of nitrogens with zero attached hydrogens (tertiary/aromatic N) is 3. The number of aryl methyl sites for hydroxylation is 1. The standard InChI is InChI=1S/C18H13ClFN5OS2.C4H9NO/c1-10-16(23-17-14(19)3-2-4-15(17)24-28-20)5-11-7-21-25(18(11)22-10)12-6-13(8-26)27-9-12;1-5-4-2-6-3-4/h2-9,23-24H,1H3;4-5H,2-3H2,1H3. The van der Waals surface area contributed by atoms with Gasteiger partial charge in [0, 0.05) is 10.8 Å². The molecule has 1 aliphatic heterocycles. The second kappa shape index (κ2) is 11.2. The molecule has 0 radical (unpaired) electrons. The van der Waals surface area contributed by atoms with Crippen LogP contribution in [0.15, 0.2) is 41.9 Å². The molecule has 4 heterocycles. The fourth-order valence-electron chi connectivity index (χ4n) is 3.19. The van der Waals surface area contributed by atoms with Crippen LogP contribution in [0.2, 0.25) is 5.02 Å². The Morgan fingerprint density at radius 2 is 2.15 bits per heavy atom. The predicted octanol–water partition coefficient (Wildman–Crippen LogP) is 5.55. The first-order valence-electron chi connectivity index (χ1n) is 10.3. The number of halogens is 2. The van der Waals surface area contributed by atoms with Gasteiger partial charge in [0.15, 0.2) is 24.3 Å². The monoisotopic (exact) mass is 520 g/mol. The van der Waals surface area contributed by atoms with E-state index in [2.05, 4.69) is 25.4 Å². The number of thiophene rings is 1. The number of anilines is 3.